The maximum absolute atomic E-state index is 11.1. The van der Waals surface area contributed by atoms with E-state index in [1.807, 2.05) is 11.8 Å². The van der Waals surface area contributed by atoms with Gasteiger partial charge in [0.05, 0.1) is 11.4 Å². The predicted octanol–water partition coefficient (Wildman–Crippen LogP) is 0.675. The van der Waals surface area contributed by atoms with Crippen molar-refractivity contribution in [3.63, 3.8) is 0 Å². The van der Waals surface area contributed by atoms with Gasteiger partial charge in [-0.3, -0.25) is 0 Å². The van der Waals surface area contributed by atoms with Gasteiger partial charge in [-0.05, 0) is 25.0 Å². The summed E-state index contributed by atoms with van der Waals surface area (Å²) >= 11 is 1.96. The van der Waals surface area contributed by atoms with Gasteiger partial charge >= 0.3 is 0 Å². The van der Waals surface area contributed by atoms with E-state index in [4.69, 9.17) is 4.74 Å². The molecule has 2 heterocycles. The number of hydrogen-bond acceptors (Lipinski definition) is 5. The second kappa shape index (κ2) is 5.47. The third-order valence-corrected chi connectivity index (χ3v) is 5.63. The molecule has 2 saturated heterocycles. The molecular weight excluding hydrogens is 258 g/mol. The first-order chi connectivity index (χ1) is 7.99. The summed E-state index contributed by atoms with van der Waals surface area (Å²) in [5, 5.41) is 3.36. The lowest BCUT2D eigenvalue weighted by atomic mass is 9.90. The van der Waals surface area contributed by atoms with E-state index in [2.05, 4.69) is 5.32 Å². The number of hydrogen-bond donors (Lipinski definition) is 1. The van der Waals surface area contributed by atoms with Crippen LogP contribution in [0.1, 0.15) is 19.3 Å². The lowest BCUT2D eigenvalue weighted by Gasteiger charge is -2.38. The van der Waals surface area contributed by atoms with Crippen molar-refractivity contribution in [1.29, 1.82) is 0 Å². The Bertz CT molecular complexity index is 350. The first-order valence-corrected chi connectivity index (χ1v) is 9.34. The second-order valence-corrected chi connectivity index (χ2v) is 8.47. The molecule has 1 spiro atoms. The van der Waals surface area contributed by atoms with Gasteiger partial charge in [0.2, 0.25) is 0 Å². The molecule has 2 aliphatic rings. The summed E-state index contributed by atoms with van der Waals surface area (Å²) in [7, 11) is -2.85. The summed E-state index contributed by atoms with van der Waals surface area (Å²) in [5.41, 5.74) is 0.0751. The molecule has 17 heavy (non-hydrogen) atoms. The lowest BCUT2D eigenvalue weighted by Crippen LogP contribution is -2.48. The molecule has 0 radical (unpaired) electrons. The van der Waals surface area contributed by atoms with Gasteiger partial charge in [0, 0.05) is 31.2 Å². The molecule has 2 rings (SSSR count). The minimum Gasteiger partial charge on any atom is -0.374 e. The zero-order chi connectivity index (χ0) is 12.4. The number of nitrogens with one attached hydrogen (secondary N) is 1. The lowest BCUT2D eigenvalue weighted by molar-refractivity contribution is -0.0698. The van der Waals surface area contributed by atoms with Crippen molar-refractivity contribution in [2.45, 2.75) is 30.9 Å². The molecule has 2 atom stereocenters. The molecule has 0 aromatic rings. The molecule has 2 unspecified atom stereocenters. The summed E-state index contributed by atoms with van der Waals surface area (Å²) < 4.78 is 28.0. The first-order valence-electron chi connectivity index (χ1n) is 6.12. The molecule has 0 saturated carbocycles. The summed E-state index contributed by atoms with van der Waals surface area (Å²) in [6.07, 6.45) is 4.45. The molecule has 0 aromatic carbocycles. The molecule has 2 aliphatic heterocycles. The molecule has 0 aromatic heterocycles. The van der Waals surface area contributed by atoms with Crippen molar-refractivity contribution in [2.24, 2.45) is 0 Å². The summed E-state index contributed by atoms with van der Waals surface area (Å²) in [5.74, 6) is 2.51. The van der Waals surface area contributed by atoms with Crippen LogP contribution in [0.5, 0.6) is 0 Å². The minimum absolute atomic E-state index is 0.0751. The fourth-order valence-electron chi connectivity index (χ4n) is 2.51. The Morgan fingerprint density at radius 2 is 2.35 bits per heavy atom. The Labute approximate surface area is 108 Å². The van der Waals surface area contributed by atoms with Crippen LogP contribution in [0.3, 0.4) is 0 Å². The predicted molar refractivity (Wildman–Crippen MR) is 71.4 cm³/mol. The normalized spacial score (nSPS) is 34.3. The van der Waals surface area contributed by atoms with E-state index < -0.39 is 9.84 Å². The van der Waals surface area contributed by atoms with Crippen LogP contribution < -0.4 is 5.32 Å². The van der Waals surface area contributed by atoms with E-state index in [-0.39, 0.29) is 11.4 Å². The van der Waals surface area contributed by atoms with E-state index in [9.17, 15) is 8.42 Å². The standard InChI is InChI=1S/C11H21NO3S2/c1-17(13,14)7-4-12-10-2-5-15-11(8-10)3-6-16-9-11/h10,12H,2-9H2,1H3. The Morgan fingerprint density at radius 1 is 1.53 bits per heavy atom. The van der Waals surface area contributed by atoms with Crippen LogP contribution in [0.25, 0.3) is 0 Å². The van der Waals surface area contributed by atoms with Gasteiger partial charge in [-0.1, -0.05) is 0 Å². The smallest absolute Gasteiger partial charge is 0.148 e. The Morgan fingerprint density at radius 3 is 3.00 bits per heavy atom. The van der Waals surface area contributed by atoms with Gasteiger partial charge in [-0.15, -0.1) is 0 Å². The van der Waals surface area contributed by atoms with E-state index in [1.54, 1.807) is 0 Å². The largest absolute Gasteiger partial charge is 0.374 e. The number of rotatable bonds is 4. The van der Waals surface area contributed by atoms with E-state index >= 15 is 0 Å². The maximum atomic E-state index is 11.1. The number of sulfone groups is 1. The monoisotopic (exact) mass is 279 g/mol. The molecule has 100 valence electrons. The summed E-state index contributed by atoms with van der Waals surface area (Å²) in [6, 6.07) is 0.421. The van der Waals surface area contributed by atoms with E-state index in [1.165, 1.54) is 12.0 Å². The SMILES string of the molecule is CS(=O)(=O)CCNC1CCOC2(CCSC2)C1. The highest BCUT2D eigenvalue weighted by Gasteiger charge is 2.40. The average Bonchev–Trinajstić information content (AvgIpc) is 2.64. The Balaban J connectivity index is 1.78. The van der Waals surface area contributed by atoms with Crippen LogP contribution in [0.15, 0.2) is 0 Å². The summed E-state index contributed by atoms with van der Waals surface area (Å²) in [4.78, 5) is 0. The molecule has 2 fully saturated rings. The van der Waals surface area contributed by atoms with Crippen molar-refractivity contribution >= 4 is 21.6 Å². The topological polar surface area (TPSA) is 55.4 Å². The minimum atomic E-state index is -2.85. The quantitative estimate of drug-likeness (QED) is 0.820. The van der Waals surface area contributed by atoms with Gasteiger partial charge < -0.3 is 10.1 Å². The van der Waals surface area contributed by atoms with Crippen molar-refractivity contribution in [3.05, 3.63) is 0 Å². The fourth-order valence-corrected chi connectivity index (χ4v) is 4.38. The third-order valence-electron chi connectivity index (χ3n) is 3.47. The van der Waals surface area contributed by atoms with Crippen molar-refractivity contribution in [3.8, 4) is 0 Å². The highest BCUT2D eigenvalue weighted by atomic mass is 32.2. The zero-order valence-electron chi connectivity index (χ0n) is 10.3. The highest BCUT2D eigenvalue weighted by Crippen LogP contribution is 2.38. The van der Waals surface area contributed by atoms with Crippen LogP contribution in [0.2, 0.25) is 0 Å². The van der Waals surface area contributed by atoms with E-state index in [0.29, 0.717) is 12.6 Å². The van der Waals surface area contributed by atoms with Crippen LogP contribution in [0, 0.1) is 0 Å². The molecular formula is C11H21NO3S2. The highest BCUT2D eigenvalue weighted by molar-refractivity contribution is 7.99. The van der Waals surface area contributed by atoms with Crippen LogP contribution in [-0.4, -0.2) is 56.7 Å². The molecule has 4 nitrogen and oxygen atoms in total. The van der Waals surface area contributed by atoms with Crippen molar-refractivity contribution in [1.82, 2.24) is 5.32 Å². The molecule has 0 bridgehead atoms. The van der Waals surface area contributed by atoms with Crippen LogP contribution in [0.4, 0.5) is 0 Å². The van der Waals surface area contributed by atoms with Gasteiger partial charge in [-0.2, -0.15) is 11.8 Å². The molecule has 0 amide bonds. The van der Waals surface area contributed by atoms with Crippen molar-refractivity contribution in [2.75, 3.05) is 36.7 Å². The van der Waals surface area contributed by atoms with Gasteiger partial charge in [0.15, 0.2) is 0 Å². The van der Waals surface area contributed by atoms with Gasteiger partial charge in [0.1, 0.15) is 9.84 Å². The maximum Gasteiger partial charge on any atom is 0.148 e. The average molecular weight is 279 g/mol. The second-order valence-electron chi connectivity index (χ2n) is 5.11. The van der Waals surface area contributed by atoms with Crippen molar-refractivity contribution < 1.29 is 13.2 Å². The van der Waals surface area contributed by atoms with E-state index in [0.717, 1.165) is 31.6 Å². The Kier molecular flexibility index (Phi) is 4.39. The summed E-state index contributed by atoms with van der Waals surface area (Å²) in [6.45, 7) is 1.36. The number of thioether (sulfide) groups is 1. The molecule has 1 N–H and O–H groups in total. The first kappa shape index (κ1) is 13.6. The Hall–Kier alpha value is 0.220. The fraction of sp³-hybridized carbons (Fsp3) is 1.00. The molecule has 0 aliphatic carbocycles. The van der Waals surface area contributed by atoms with Gasteiger partial charge in [0.25, 0.3) is 0 Å². The zero-order valence-corrected chi connectivity index (χ0v) is 11.9. The van der Waals surface area contributed by atoms with Gasteiger partial charge in [-0.25, -0.2) is 8.42 Å². The third kappa shape index (κ3) is 4.12. The van der Waals surface area contributed by atoms with Crippen LogP contribution in [-0.2, 0) is 14.6 Å². The number of ether oxygens (including phenoxy) is 1. The van der Waals surface area contributed by atoms with Crippen LogP contribution >= 0.6 is 11.8 Å². The molecule has 6 heteroatoms.